The Labute approximate surface area is 142 Å². The van der Waals surface area contributed by atoms with E-state index in [9.17, 15) is 14.0 Å². The summed E-state index contributed by atoms with van der Waals surface area (Å²) in [6, 6.07) is 1.11. The van der Waals surface area contributed by atoms with Gasteiger partial charge in [0.2, 0.25) is 0 Å². The summed E-state index contributed by atoms with van der Waals surface area (Å²) in [5, 5.41) is 0.0302. The second kappa shape index (κ2) is 5.83. The van der Waals surface area contributed by atoms with Crippen LogP contribution in [-0.2, 0) is 0 Å². The van der Waals surface area contributed by atoms with Gasteiger partial charge < -0.3 is 16.5 Å². The van der Waals surface area contributed by atoms with Gasteiger partial charge in [-0.25, -0.2) is 14.2 Å². The zero-order valence-corrected chi connectivity index (χ0v) is 13.8. The number of nitrogens with zero attached hydrogens (tertiary/aromatic N) is 4. The SMILES string of the molecule is NCC1CCCN(c2nc3c(cc2F)c(=O)n(N)c(=O)n3C2CC2)C1. The third-order valence-electron chi connectivity index (χ3n) is 5.09. The first kappa shape index (κ1) is 16.1. The second-order valence-electron chi connectivity index (χ2n) is 6.91. The monoisotopic (exact) mass is 348 g/mol. The van der Waals surface area contributed by atoms with Crippen LogP contribution in [0.5, 0.6) is 0 Å². The zero-order chi connectivity index (χ0) is 17.7. The number of pyridine rings is 1. The summed E-state index contributed by atoms with van der Waals surface area (Å²) in [5.41, 5.74) is 4.63. The van der Waals surface area contributed by atoms with E-state index in [1.807, 2.05) is 4.90 Å². The minimum absolute atomic E-state index is 0.0302. The Bertz CT molecular complexity index is 948. The summed E-state index contributed by atoms with van der Waals surface area (Å²) in [5.74, 6) is 5.46. The van der Waals surface area contributed by atoms with Crippen LogP contribution in [0.2, 0.25) is 0 Å². The van der Waals surface area contributed by atoms with E-state index >= 15 is 0 Å². The molecule has 0 bridgehead atoms. The van der Waals surface area contributed by atoms with Gasteiger partial charge in [-0.1, -0.05) is 0 Å². The average Bonchev–Trinajstić information content (AvgIpc) is 3.45. The first-order chi connectivity index (χ1) is 12.0. The van der Waals surface area contributed by atoms with Crippen molar-refractivity contribution in [1.29, 1.82) is 0 Å². The van der Waals surface area contributed by atoms with Crippen LogP contribution in [0.4, 0.5) is 10.2 Å². The molecule has 25 heavy (non-hydrogen) atoms. The molecule has 1 unspecified atom stereocenters. The van der Waals surface area contributed by atoms with Gasteiger partial charge >= 0.3 is 5.69 Å². The Morgan fingerprint density at radius 3 is 2.72 bits per heavy atom. The van der Waals surface area contributed by atoms with Gasteiger partial charge in [-0.3, -0.25) is 9.36 Å². The number of hydrogen-bond acceptors (Lipinski definition) is 6. The predicted molar refractivity (Wildman–Crippen MR) is 92.6 cm³/mol. The van der Waals surface area contributed by atoms with Gasteiger partial charge in [0.15, 0.2) is 17.3 Å². The largest absolute Gasteiger partial charge is 0.354 e. The Kier molecular flexibility index (Phi) is 3.75. The van der Waals surface area contributed by atoms with Crippen molar-refractivity contribution in [3.05, 3.63) is 32.7 Å². The van der Waals surface area contributed by atoms with Gasteiger partial charge in [-0.15, -0.1) is 0 Å². The second-order valence-corrected chi connectivity index (χ2v) is 6.91. The fraction of sp³-hybridized carbons (Fsp3) is 0.562. The van der Waals surface area contributed by atoms with Crippen LogP contribution in [0.25, 0.3) is 11.0 Å². The number of hydrogen-bond donors (Lipinski definition) is 2. The molecule has 1 saturated carbocycles. The van der Waals surface area contributed by atoms with Crippen LogP contribution in [0.3, 0.4) is 0 Å². The topological polar surface area (TPSA) is 112 Å². The molecule has 1 aliphatic heterocycles. The van der Waals surface area contributed by atoms with Gasteiger partial charge in [-0.2, -0.15) is 4.68 Å². The molecule has 0 aromatic carbocycles. The Morgan fingerprint density at radius 1 is 1.28 bits per heavy atom. The molecule has 2 aromatic heterocycles. The molecular weight excluding hydrogens is 327 g/mol. The highest BCUT2D eigenvalue weighted by Crippen LogP contribution is 2.35. The Balaban J connectivity index is 1.91. The number of nitrogen functional groups attached to an aromatic ring is 1. The minimum Gasteiger partial charge on any atom is -0.354 e. The van der Waals surface area contributed by atoms with E-state index in [1.54, 1.807) is 0 Å². The number of fused-ring (bicyclic) bond motifs is 1. The van der Waals surface area contributed by atoms with Crippen molar-refractivity contribution in [2.24, 2.45) is 11.7 Å². The highest BCUT2D eigenvalue weighted by Gasteiger charge is 2.30. The summed E-state index contributed by atoms with van der Waals surface area (Å²) >= 11 is 0. The fourth-order valence-corrected chi connectivity index (χ4v) is 3.57. The lowest BCUT2D eigenvalue weighted by Crippen LogP contribution is -2.45. The van der Waals surface area contributed by atoms with E-state index in [4.69, 9.17) is 11.6 Å². The van der Waals surface area contributed by atoms with Gasteiger partial charge in [0.1, 0.15) is 0 Å². The summed E-state index contributed by atoms with van der Waals surface area (Å²) in [6.45, 7) is 1.83. The van der Waals surface area contributed by atoms with E-state index in [0.717, 1.165) is 31.7 Å². The molecule has 1 atom stereocenters. The van der Waals surface area contributed by atoms with Crippen molar-refractivity contribution in [2.45, 2.75) is 31.7 Å². The van der Waals surface area contributed by atoms with Crippen LogP contribution in [0.15, 0.2) is 15.7 Å². The summed E-state index contributed by atoms with van der Waals surface area (Å²) in [7, 11) is 0. The van der Waals surface area contributed by atoms with Gasteiger partial charge in [0.05, 0.1) is 5.39 Å². The predicted octanol–water partition coefficient (Wildman–Crippen LogP) is -0.0789. The lowest BCUT2D eigenvalue weighted by atomic mass is 9.98. The maximum atomic E-state index is 14.7. The molecule has 2 aliphatic rings. The molecule has 1 aliphatic carbocycles. The third-order valence-corrected chi connectivity index (χ3v) is 5.09. The van der Waals surface area contributed by atoms with Crippen molar-refractivity contribution < 1.29 is 4.39 Å². The maximum absolute atomic E-state index is 14.7. The molecule has 0 radical (unpaired) electrons. The molecule has 0 spiro atoms. The highest BCUT2D eigenvalue weighted by atomic mass is 19.1. The molecule has 4 N–H and O–H groups in total. The molecule has 9 heteroatoms. The molecule has 3 heterocycles. The zero-order valence-electron chi connectivity index (χ0n) is 13.8. The van der Waals surface area contributed by atoms with Gasteiger partial charge in [-0.05, 0) is 44.2 Å². The highest BCUT2D eigenvalue weighted by molar-refractivity contribution is 5.77. The van der Waals surface area contributed by atoms with Crippen LogP contribution in [0.1, 0.15) is 31.7 Å². The maximum Gasteiger partial charge on any atom is 0.351 e. The smallest absolute Gasteiger partial charge is 0.351 e. The lowest BCUT2D eigenvalue weighted by Gasteiger charge is -2.33. The first-order valence-corrected chi connectivity index (χ1v) is 8.59. The van der Waals surface area contributed by atoms with E-state index < -0.39 is 17.1 Å². The molecule has 4 rings (SSSR count). The number of piperidine rings is 1. The van der Waals surface area contributed by atoms with Gasteiger partial charge in [0, 0.05) is 19.1 Å². The fourth-order valence-electron chi connectivity index (χ4n) is 3.57. The van der Waals surface area contributed by atoms with Crippen molar-refractivity contribution in [1.82, 2.24) is 14.2 Å². The van der Waals surface area contributed by atoms with Crippen LogP contribution in [0, 0.1) is 11.7 Å². The number of anilines is 1. The summed E-state index contributed by atoms with van der Waals surface area (Å²) in [4.78, 5) is 30.9. The molecular formula is C16H21FN6O2. The van der Waals surface area contributed by atoms with E-state index in [-0.39, 0.29) is 28.8 Å². The van der Waals surface area contributed by atoms with Crippen LogP contribution < -0.4 is 27.7 Å². The molecule has 2 fully saturated rings. The molecule has 134 valence electrons. The normalized spacial score (nSPS) is 21.0. The van der Waals surface area contributed by atoms with Crippen LogP contribution in [-0.4, -0.2) is 33.9 Å². The average molecular weight is 348 g/mol. The number of rotatable bonds is 3. The molecule has 1 saturated heterocycles. The molecule has 8 nitrogen and oxygen atoms in total. The minimum atomic E-state index is -0.728. The van der Waals surface area contributed by atoms with E-state index in [1.165, 1.54) is 4.57 Å². The van der Waals surface area contributed by atoms with E-state index in [0.29, 0.717) is 24.3 Å². The third kappa shape index (κ3) is 2.58. The molecule has 2 aromatic rings. The van der Waals surface area contributed by atoms with E-state index in [2.05, 4.69) is 4.98 Å². The standard InChI is InChI=1S/C16H21FN6O2/c17-12-6-11-13(20-14(12)21-5-1-2-9(7-18)8-21)22(10-3-4-10)16(25)23(19)15(11)24/h6,9-10H,1-5,7-8,18-19H2. The first-order valence-electron chi connectivity index (χ1n) is 8.59. The molecule has 0 amide bonds. The summed E-state index contributed by atoms with van der Waals surface area (Å²) in [6.07, 6.45) is 3.55. The van der Waals surface area contributed by atoms with Crippen LogP contribution >= 0.6 is 0 Å². The van der Waals surface area contributed by atoms with Crippen molar-refractivity contribution >= 4 is 16.9 Å². The Hall–Kier alpha value is -2.42. The summed E-state index contributed by atoms with van der Waals surface area (Å²) < 4.78 is 16.6. The number of aromatic nitrogens is 3. The number of halogens is 1. The van der Waals surface area contributed by atoms with Crippen molar-refractivity contribution in [3.8, 4) is 0 Å². The Morgan fingerprint density at radius 2 is 2.04 bits per heavy atom. The van der Waals surface area contributed by atoms with Crippen molar-refractivity contribution in [3.63, 3.8) is 0 Å². The number of nitrogens with two attached hydrogens (primary N) is 2. The quantitative estimate of drug-likeness (QED) is 0.751. The van der Waals surface area contributed by atoms with Crippen molar-refractivity contribution in [2.75, 3.05) is 30.4 Å². The lowest BCUT2D eigenvalue weighted by molar-refractivity contribution is 0.417. The van der Waals surface area contributed by atoms with Gasteiger partial charge in [0.25, 0.3) is 5.56 Å².